The second-order valence-corrected chi connectivity index (χ2v) is 7.37. The summed E-state index contributed by atoms with van der Waals surface area (Å²) in [5, 5.41) is 5.82. The maximum absolute atomic E-state index is 13.3. The van der Waals surface area contributed by atoms with Crippen LogP contribution in [-0.2, 0) is 17.5 Å². The van der Waals surface area contributed by atoms with Gasteiger partial charge in [0.25, 0.3) is 0 Å². The number of halogens is 3. The first kappa shape index (κ1) is 20.8. The van der Waals surface area contributed by atoms with Gasteiger partial charge >= 0.3 is 6.18 Å². The van der Waals surface area contributed by atoms with E-state index in [0.717, 1.165) is 30.9 Å². The van der Waals surface area contributed by atoms with Gasteiger partial charge in [-0.05, 0) is 42.7 Å². The zero-order chi connectivity index (χ0) is 21.8. The van der Waals surface area contributed by atoms with Crippen molar-refractivity contribution < 1.29 is 18.0 Å². The Balaban J connectivity index is 1.51. The fraction of sp³-hybridized carbons (Fsp3) is 0.273. The minimum atomic E-state index is -4.60. The van der Waals surface area contributed by atoms with Crippen LogP contribution in [0.4, 0.5) is 24.7 Å². The average molecular weight is 427 g/mol. The number of benzene rings is 1. The van der Waals surface area contributed by atoms with Gasteiger partial charge in [0, 0.05) is 42.2 Å². The zero-order valence-electron chi connectivity index (χ0n) is 16.5. The molecule has 0 saturated heterocycles. The predicted octanol–water partition coefficient (Wildman–Crippen LogP) is 4.91. The van der Waals surface area contributed by atoms with Crippen LogP contribution in [0.25, 0.3) is 11.4 Å². The van der Waals surface area contributed by atoms with Crippen molar-refractivity contribution in [1.29, 1.82) is 0 Å². The molecule has 4 rings (SSSR count). The molecule has 0 spiro atoms. The molecule has 31 heavy (non-hydrogen) atoms. The maximum atomic E-state index is 13.3. The van der Waals surface area contributed by atoms with Crippen LogP contribution in [0, 0.1) is 5.92 Å². The molecule has 0 radical (unpaired) electrons. The lowest BCUT2D eigenvalue weighted by Gasteiger charge is -2.24. The number of aromatic nitrogens is 3. The number of carbonyl (C=O) groups is 1. The van der Waals surface area contributed by atoms with Gasteiger partial charge in [0.05, 0.1) is 0 Å². The number of nitrogens with zero attached hydrogens (tertiary/aromatic N) is 3. The second kappa shape index (κ2) is 8.71. The quantitative estimate of drug-likeness (QED) is 0.585. The van der Waals surface area contributed by atoms with E-state index in [1.807, 2.05) is 6.07 Å². The van der Waals surface area contributed by atoms with Crippen LogP contribution in [0.1, 0.15) is 30.5 Å². The first-order chi connectivity index (χ1) is 14.9. The van der Waals surface area contributed by atoms with E-state index in [1.54, 1.807) is 30.3 Å². The molecule has 6 nitrogen and oxygen atoms in total. The van der Waals surface area contributed by atoms with E-state index >= 15 is 0 Å². The molecule has 1 amide bonds. The van der Waals surface area contributed by atoms with E-state index in [4.69, 9.17) is 0 Å². The van der Waals surface area contributed by atoms with Crippen LogP contribution in [0.5, 0.6) is 0 Å². The number of nitrogens with one attached hydrogen (secondary N) is 2. The van der Waals surface area contributed by atoms with Gasteiger partial charge in [-0.1, -0.05) is 18.6 Å². The molecule has 0 aliphatic heterocycles. The van der Waals surface area contributed by atoms with E-state index in [0.29, 0.717) is 11.3 Å². The monoisotopic (exact) mass is 427 g/mol. The lowest BCUT2D eigenvalue weighted by atomic mass is 9.85. The zero-order valence-corrected chi connectivity index (χ0v) is 16.5. The molecule has 2 heterocycles. The first-order valence-corrected chi connectivity index (χ1v) is 9.89. The lowest BCUT2D eigenvalue weighted by Crippen LogP contribution is -2.28. The van der Waals surface area contributed by atoms with E-state index in [9.17, 15) is 18.0 Å². The number of amides is 1. The number of alkyl halides is 3. The van der Waals surface area contributed by atoms with E-state index in [1.165, 1.54) is 12.4 Å². The van der Waals surface area contributed by atoms with Gasteiger partial charge in [-0.2, -0.15) is 13.2 Å². The van der Waals surface area contributed by atoms with Gasteiger partial charge in [-0.3, -0.25) is 9.78 Å². The third kappa shape index (κ3) is 5.17. The number of anilines is 2. The van der Waals surface area contributed by atoms with Crippen molar-refractivity contribution in [3.8, 4) is 11.4 Å². The molecule has 2 aromatic heterocycles. The van der Waals surface area contributed by atoms with Crippen LogP contribution in [0.15, 0.2) is 54.9 Å². The molecule has 1 aliphatic carbocycles. The Morgan fingerprint density at radius 3 is 2.52 bits per heavy atom. The summed E-state index contributed by atoms with van der Waals surface area (Å²) >= 11 is 0. The third-order valence-corrected chi connectivity index (χ3v) is 5.10. The molecule has 0 atom stereocenters. The van der Waals surface area contributed by atoms with Gasteiger partial charge in [0.15, 0.2) is 11.5 Å². The van der Waals surface area contributed by atoms with E-state index < -0.39 is 11.9 Å². The first-order valence-electron chi connectivity index (χ1n) is 9.89. The minimum Gasteiger partial charge on any atom is -0.366 e. The van der Waals surface area contributed by atoms with Crippen LogP contribution < -0.4 is 10.6 Å². The normalized spacial score (nSPS) is 14.0. The van der Waals surface area contributed by atoms with Crippen LogP contribution in [0.3, 0.4) is 0 Å². The SMILES string of the molecule is O=C(Nc1cccc(CNc2cc(C(F)(F)F)nc(-c3ccncc3)n2)c1)C1CCC1. The summed E-state index contributed by atoms with van der Waals surface area (Å²) in [5.74, 6) is 0.0819. The van der Waals surface area contributed by atoms with Gasteiger partial charge in [-0.15, -0.1) is 0 Å². The number of hydrogen-bond donors (Lipinski definition) is 2. The Labute approximate surface area is 177 Å². The molecule has 2 N–H and O–H groups in total. The minimum absolute atomic E-state index is 0.00368. The molecule has 9 heteroatoms. The lowest BCUT2D eigenvalue weighted by molar-refractivity contribution is -0.141. The van der Waals surface area contributed by atoms with E-state index in [2.05, 4.69) is 25.6 Å². The molecule has 1 aliphatic rings. The molecule has 1 fully saturated rings. The molecule has 0 bridgehead atoms. The summed E-state index contributed by atoms with van der Waals surface area (Å²) in [4.78, 5) is 23.9. The van der Waals surface area contributed by atoms with Crippen molar-refractivity contribution in [1.82, 2.24) is 15.0 Å². The number of carbonyl (C=O) groups excluding carboxylic acids is 1. The van der Waals surface area contributed by atoms with Crippen molar-refractivity contribution >= 4 is 17.4 Å². The Morgan fingerprint density at radius 2 is 1.84 bits per heavy atom. The molecular formula is C22H20F3N5O. The van der Waals surface area contributed by atoms with Gasteiger partial charge in [-0.25, -0.2) is 9.97 Å². The largest absolute Gasteiger partial charge is 0.433 e. The van der Waals surface area contributed by atoms with Crippen LogP contribution in [-0.4, -0.2) is 20.9 Å². The van der Waals surface area contributed by atoms with Crippen molar-refractivity contribution in [2.75, 3.05) is 10.6 Å². The topological polar surface area (TPSA) is 79.8 Å². The number of hydrogen-bond acceptors (Lipinski definition) is 5. The van der Waals surface area contributed by atoms with Crippen molar-refractivity contribution in [2.45, 2.75) is 32.0 Å². The number of pyridine rings is 1. The Bertz CT molecular complexity index is 1070. The highest BCUT2D eigenvalue weighted by molar-refractivity contribution is 5.93. The van der Waals surface area contributed by atoms with Crippen molar-refractivity contribution in [3.05, 3.63) is 66.1 Å². The average Bonchev–Trinajstić information content (AvgIpc) is 2.71. The van der Waals surface area contributed by atoms with Crippen LogP contribution in [0.2, 0.25) is 0 Å². The summed E-state index contributed by atoms with van der Waals surface area (Å²) < 4.78 is 40.0. The van der Waals surface area contributed by atoms with Crippen LogP contribution >= 0.6 is 0 Å². The molecule has 160 valence electrons. The Hall–Kier alpha value is -3.49. The summed E-state index contributed by atoms with van der Waals surface area (Å²) in [6, 6.07) is 11.2. The smallest absolute Gasteiger partial charge is 0.366 e. The molecular weight excluding hydrogens is 407 g/mol. The maximum Gasteiger partial charge on any atom is 0.433 e. The number of rotatable bonds is 6. The standard InChI is InChI=1S/C22H20F3N5O/c23-22(24,25)18-12-19(30-20(29-18)15-7-9-26-10-8-15)27-13-14-3-1-6-17(11-14)28-21(31)16-4-2-5-16/h1,3,6-12,16H,2,4-5,13H2,(H,28,31)(H,27,29,30). The molecule has 1 aromatic carbocycles. The Kier molecular flexibility index (Phi) is 5.83. The van der Waals surface area contributed by atoms with Gasteiger partial charge in [0.2, 0.25) is 5.91 Å². The molecule has 1 saturated carbocycles. The third-order valence-electron chi connectivity index (χ3n) is 5.10. The van der Waals surface area contributed by atoms with E-state index in [-0.39, 0.29) is 30.0 Å². The highest BCUT2D eigenvalue weighted by Crippen LogP contribution is 2.31. The predicted molar refractivity (Wildman–Crippen MR) is 110 cm³/mol. The fourth-order valence-electron chi connectivity index (χ4n) is 3.18. The van der Waals surface area contributed by atoms with Crippen molar-refractivity contribution in [3.63, 3.8) is 0 Å². The van der Waals surface area contributed by atoms with Gasteiger partial charge < -0.3 is 10.6 Å². The second-order valence-electron chi connectivity index (χ2n) is 7.37. The van der Waals surface area contributed by atoms with Gasteiger partial charge in [0.1, 0.15) is 5.82 Å². The molecule has 0 unspecified atom stereocenters. The highest BCUT2D eigenvalue weighted by Gasteiger charge is 2.34. The summed E-state index contributed by atoms with van der Waals surface area (Å²) in [6.07, 6.45) is 1.21. The molecule has 3 aromatic rings. The van der Waals surface area contributed by atoms with Crippen molar-refractivity contribution in [2.24, 2.45) is 5.92 Å². The highest BCUT2D eigenvalue weighted by atomic mass is 19.4. The summed E-state index contributed by atoms with van der Waals surface area (Å²) in [6.45, 7) is 0.233. The fourth-order valence-corrected chi connectivity index (χ4v) is 3.18. The Morgan fingerprint density at radius 1 is 1.06 bits per heavy atom. The summed E-state index contributed by atoms with van der Waals surface area (Å²) in [7, 11) is 0. The summed E-state index contributed by atoms with van der Waals surface area (Å²) in [5.41, 5.74) is 0.861.